The molecule has 0 unspecified atom stereocenters. The number of aromatic hydroxyl groups is 1. The Bertz CT molecular complexity index is 960. The second-order valence-corrected chi connectivity index (χ2v) is 5.87. The summed E-state index contributed by atoms with van der Waals surface area (Å²) < 4.78 is 1.44. The summed E-state index contributed by atoms with van der Waals surface area (Å²) >= 11 is 5.99. The van der Waals surface area contributed by atoms with Gasteiger partial charge in [-0.05, 0) is 36.8 Å². The first-order chi connectivity index (χ1) is 11.4. The van der Waals surface area contributed by atoms with Gasteiger partial charge in [0, 0.05) is 16.6 Å². The molecule has 1 heterocycles. The van der Waals surface area contributed by atoms with Crippen molar-refractivity contribution in [3.8, 4) is 5.75 Å². The van der Waals surface area contributed by atoms with Crippen LogP contribution in [0.15, 0.2) is 42.5 Å². The summed E-state index contributed by atoms with van der Waals surface area (Å²) in [6, 6.07) is 11.6. The second kappa shape index (κ2) is 6.02. The van der Waals surface area contributed by atoms with Crippen LogP contribution in [-0.4, -0.2) is 26.7 Å². The molecular formula is C18H14ClNO4. The summed E-state index contributed by atoms with van der Waals surface area (Å²) in [5, 5.41) is 19.6. The van der Waals surface area contributed by atoms with E-state index in [0.717, 1.165) is 0 Å². The monoisotopic (exact) mass is 343 g/mol. The van der Waals surface area contributed by atoms with Crippen molar-refractivity contribution < 1.29 is 19.8 Å². The van der Waals surface area contributed by atoms with E-state index in [1.54, 1.807) is 31.2 Å². The van der Waals surface area contributed by atoms with Gasteiger partial charge < -0.3 is 10.2 Å². The van der Waals surface area contributed by atoms with Crippen LogP contribution in [0.3, 0.4) is 0 Å². The van der Waals surface area contributed by atoms with Gasteiger partial charge in [-0.2, -0.15) is 0 Å². The molecule has 2 N–H and O–H groups in total. The zero-order chi connectivity index (χ0) is 17.4. The third-order valence-corrected chi connectivity index (χ3v) is 4.26. The van der Waals surface area contributed by atoms with Crippen LogP contribution in [0.1, 0.15) is 21.6 Å². The maximum atomic E-state index is 12.9. The number of hydrogen-bond acceptors (Lipinski definition) is 3. The standard InChI is InChI=1S/C18H14ClNO4/c1-10-12(8-17(22)23)13-7-16(21)14(19)9-15(13)20(10)18(24)11-5-3-2-4-6-11/h2-7,9,21H,8H2,1H3,(H,22,23). The van der Waals surface area contributed by atoms with Gasteiger partial charge in [-0.15, -0.1) is 0 Å². The molecule has 122 valence electrons. The first-order valence-electron chi connectivity index (χ1n) is 7.24. The van der Waals surface area contributed by atoms with E-state index in [1.807, 2.05) is 6.07 Å². The number of carbonyl (C=O) groups is 2. The summed E-state index contributed by atoms with van der Waals surface area (Å²) in [7, 11) is 0. The number of carboxylic acids is 1. The predicted octanol–water partition coefficient (Wildman–Crippen LogP) is 3.62. The molecule has 2 aromatic carbocycles. The Morgan fingerprint density at radius 1 is 1.17 bits per heavy atom. The van der Waals surface area contributed by atoms with Crippen LogP contribution >= 0.6 is 11.6 Å². The number of carbonyl (C=O) groups excluding carboxylic acids is 1. The quantitative estimate of drug-likeness (QED) is 0.761. The van der Waals surface area contributed by atoms with Gasteiger partial charge >= 0.3 is 5.97 Å². The molecule has 0 fully saturated rings. The topological polar surface area (TPSA) is 79.5 Å². The highest BCUT2D eigenvalue weighted by Gasteiger charge is 2.22. The number of halogens is 1. The van der Waals surface area contributed by atoms with Gasteiger partial charge in [0.25, 0.3) is 5.91 Å². The molecule has 24 heavy (non-hydrogen) atoms. The molecule has 0 aliphatic heterocycles. The molecule has 0 atom stereocenters. The lowest BCUT2D eigenvalue weighted by molar-refractivity contribution is -0.136. The Hall–Kier alpha value is -2.79. The maximum Gasteiger partial charge on any atom is 0.307 e. The highest BCUT2D eigenvalue weighted by molar-refractivity contribution is 6.33. The molecule has 3 rings (SSSR count). The maximum absolute atomic E-state index is 12.9. The molecule has 0 spiro atoms. The van der Waals surface area contributed by atoms with Crippen LogP contribution < -0.4 is 0 Å². The Kier molecular flexibility index (Phi) is 4.03. The number of phenolic OH excluding ortho intramolecular Hbond substituents is 1. The SMILES string of the molecule is Cc1c(CC(=O)O)c2cc(O)c(Cl)cc2n1C(=O)c1ccccc1. The molecule has 3 aromatic rings. The van der Waals surface area contributed by atoms with E-state index in [0.29, 0.717) is 27.7 Å². The van der Waals surface area contributed by atoms with Crippen molar-refractivity contribution in [2.45, 2.75) is 13.3 Å². The average Bonchev–Trinajstić information content (AvgIpc) is 2.80. The molecule has 0 amide bonds. The summed E-state index contributed by atoms with van der Waals surface area (Å²) in [6.45, 7) is 1.68. The highest BCUT2D eigenvalue weighted by atomic mass is 35.5. The number of aromatic nitrogens is 1. The molecule has 0 saturated heterocycles. The van der Waals surface area contributed by atoms with Gasteiger partial charge in [0.1, 0.15) is 5.75 Å². The fraction of sp³-hybridized carbons (Fsp3) is 0.111. The third-order valence-electron chi connectivity index (χ3n) is 3.96. The lowest BCUT2D eigenvalue weighted by Crippen LogP contribution is -2.14. The van der Waals surface area contributed by atoms with Crippen LogP contribution in [-0.2, 0) is 11.2 Å². The van der Waals surface area contributed by atoms with Crippen molar-refractivity contribution in [2.24, 2.45) is 0 Å². The smallest absolute Gasteiger partial charge is 0.307 e. The van der Waals surface area contributed by atoms with Crippen LogP contribution in [0.5, 0.6) is 5.75 Å². The van der Waals surface area contributed by atoms with E-state index >= 15 is 0 Å². The number of carboxylic acid groups (broad SMARTS) is 1. The molecule has 0 saturated carbocycles. The summed E-state index contributed by atoms with van der Waals surface area (Å²) in [5.74, 6) is -1.45. The molecule has 0 radical (unpaired) electrons. The van der Waals surface area contributed by atoms with Crippen LogP contribution in [0, 0.1) is 6.92 Å². The second-order valence-electron chi connectivity index (χ2n) is 5.46. The molecule has 0 aliphatic carbocycles. The van der Waals surface area contributed by atoms with Crippen molar-refractivity contribution >= 4 is 34.4 Å². The molecule has 1 aromatic heterocycles. The Labute approximate surface area is 142 Å². The van der Waals surface area contributed by atoms with Gasteiger partial charge in [0.15, 0.2) is 0 Å². The zero-order valence-corrected chi connectivity index (χ0v) is 13.5. The normalized spacial score (nSPS) is 10.9. The molecule has 5 nitrogen and oxygen atoms in total. The minimum absolute atomic E-state index is 0.101. The van der Waals surface area contributed by atoms with Crippen LogP contribution in [0.4, 0.5) is 0 Å². The van der Waals surface area contributed by atoms with Crippen molar-refractivity contribution in [1.82, 2.24) is 4.57 Å². The highest BCUT2D eigenvalue weighted by Crippen LogP contribution is 2.34. The number of benzene rings is 2. The fourth-order valence-corrected chi connectivity index (χ4v) is 2.99. The minimum atomic E-state index is -1.02. The first-order valence-corrected chi connectivity index (χ1v) is 7.62. The Balaban J connectivity index is 2.31. The number of aliphatic carboxylic acids is 1. The lowest BCUT2D eigenvalue weighted by atomic mass is 10.1. The van der Waals surface area contributed by atoms with Crippen molar-refractivity contribution in [3.05, 3.63) is 64.3 Å². The fourth-order valence-electron chi connectivity index (χ4n) is 2.83. The number of phenols is 1. The number of hydrogen-bond donors (Lipinski definition) is 2. The predicted molar refractivity (Wildman–Crippen MR) is 90.9 cm³/mol. The van der Waals surface area contributed by atoms with E-state index < -0.39 is 5.97 Å². The molecule has 0 bridgehead atoms. The largest absolute Gasteiger partial charge is 0.506 e. The van der Waals surface area contributed by atoms with Crippen LogP contribution in [0.25, 0.3) is 10.9 Å². The first kappa shape index (κ1) is 16.1. The van der Waals surface area contributed by atoms with E-state index in [2.05, 4.69) is 0 Å². The number of fused-ring (bicyclic) bond motifs is 1. The molecular weight excluding hydrogens is 330 g/mol. The van der Waals surface area contributed by atoms with Gasteiger partial charge in [0.05, 0.1) is 17.0 Å². The van der Waals surface area contributed by atoms with E-state index in [-0.39, 0.29) is 23.1 Å². The molecule has 6 heteroatoms. The van der Waals surface area contributed by atoms with E-state index in [1.165, 1.54) is 16.7 Å². The van der Waals surface area contributed by atoms with Crippen molar-refractivity contribution in [1.29, 1.82) is 0 Å². The number of nitrogens with zero attached hydrogens (tertiary/aromatic N) is 1. The average molecular weight is 344 g/mol. The van der Waals surface area contributed by atoms with E-state index in [9.17, 15) is 14.7 Å². The van der Waals surface area contributed by atoms with Crippen molar-refractivity contribution in [2.75, 3.05) is 0 Å². The van der Waals surface area contributed by atoms with Crippen molar-refractivity contribution in [3.63, 3.8) is 0 Å². The van der Waals surface area contributed by atoms with E-state index in [4.69, 9.17) is 16.7 Å². The zero-order valence-electron chi connectivity index (χ0n) is 12.8. The third kappa shape index (κ3) is 2.63. The Morgan fingerprint density at radius 3 is 2.46 bits per heavy atom. The number of rotatable bonds is 3. The molecule has 0 aliphatic rings. The minimum Gasteiger partial charge on any atom is -0.506 e. The van der Waals surface area contributed by atoms with Gasteiger partial charge in [-0.1, -0.05) is 29.8 Å². The summed E-state index contributed by atoms with van der Waals surface area (Å²) in [5.41, 5.74) is 1.95. The van der Waals surface area contributed by atoms with Gasteiger partial charge in [-0.3, -0.25) is 14.2 Å². The van der Waals surface area contributed by atoms with Gasteiger partial charge in [0.2, 0.25) is 0 Å². The van der Waals surface area contributed by atoms with Crippen LogP contribution in [0.2, 0.25) is 5.02 Å². The summed E-state index contributed by atoms with van der Waals surface area (Å²) in [4.78, 5) is 24.1. The lowest BCUT2D eigenvalue weighted by Gasteiger charge is -2.07. The Morgan fingerprint density at radius 2 is 1.83 bits per heavy atom. The van der Waals surface area contributed by atoms with Gasteiger partial charge in [-0.25, -0.2) is 0 Å². The summed E-state index contributed by atoms with van der Waals surface area (Å²) in [6.07, 6.45) is -0.252.